The molecule has 3 saturated heterocycles. The van der Waals surface area contributed by atoms with E-state index < -0.39 is 136 Å². The number of aliphatic hydroxyl groups excluding tert-OH is 12. The Balaban J connectivity index is 1.88. The van der Waals surface area contributed by atoms with Gasteiger partial charge in [0.15, 0.2) is 12.6 Å². The molecule has 0 amide bonds. The van der Waals surface area contributed by atoms with Gasteiger partial charge in [-0.05, 0) is 25.8 Å². The number of aliphatic carboxylic acids is 1. The number of unbranched alkanes of at least 4 members (excludes halogenated alkanes) is 2. The van der Waals surface area contributed by atoms with Crippen LogP contribution in [0.15, 0.2) is 0 Å². The minimum Gasteiger partial charge on any atom is -0.477 e. The Labute approximate surface area is 274 Å². The fourth-order valence-electron chi connectivity index (χ4n) is 5.74. The molecule has 3 fully saturated rings. The molecule has 21 nitrogen and oxygen atoms in total. The summed E-state index contributed by atoms with van der Waals surface area (Å²) in [6.45, 7) is -2.74. The van der Waals surface area contributed by atoms with Crippen molar-refractivity contribution in [2.45, 2.75) is 130 Å². The van der Waals surface area contributed by atoms with Crippen molar-refractivity contribution in [1.82, 2.24) is 0 Å². The molecule has 0 aromatic heterocycles. The normalized spacial score (nSPS) is 42.6. The fraction of sp³-hybridized carbons (Fsp3) is 0.963. The van der Waals surface area contributed by atoms with Crippen molar-refractivity contribution >= 4 is 5.97 Å². The van der Waals surface area contributed by atoms with Gasteiger partial charge in [0.1, 0.15) is 79.4 Å². The first kappa shape index (κ1) is 41.1. The minimum absolute atomic E-state index is 0.147. The molecule has 5 unspecified atom stereocenters. The summed E-state index contributed by atoms with van der Waals surface area (Å²) in [7, 11) is 0. The molecule has 0 aromatic carbocycles. The number of hydrogen-bond acceptors (Lipinski definition) is 20. The Morgan fingerprint density at radius 3 is 1.77 bits per heavy atom. The zero-order valence-electron chi connectivity index (χ0n) is 25.9. The number of ether oxygens (including phenoxy) is 6. The van der Waals surface area contributed by atoms with E-state index in [0.717, 1.165) is 0 Å². The number of carboxylic acids is 1. The molecule has 15 N–H and O–H groups in total. The highest BCUT2D eigenvalue weighted by Gasteiger charge is 2.58. The van der Waals surface area contributed by atoms with Gasteiger partial charge >= 0.3 is 5.97 Å². The summed E-state index contributed by atoms with van der Waals surface area (Å²) in [5, 5.41) is 134. The summed E-state index contributed by atoms with van der Waals surface area (Å²) in [6, 6.07) is 0. The first-order valence-electron chi connectivity index (χ1n) is 15.5. The molecule has 0 aromatic rings. The van der Waals surface area contributed by atoms with Crippen LogP contribution in [0.5, 0.6) is 0 Å². The van der Waals surface area contributed by atoms with Crippen LogP contribution in [-0.2, 0) is 33.2 Å². The average Bonchev–Trinajstić information content (AvgIpc) is 3.07. The van der Waals surface area contributed by atoms with Gasteiger partial charge in [0.25, 0.3) is 5.79 Å². The lowest BCUT2D eigenvalue weighted by Crippen LogP contribution is -2.68. The van der Waals surface area contributed by atoms with Crippen LogP contribution in [-0.4, -0.2) is 209 Å². The second kappa shape index (κ2) is 18.3. The zero-order chi connectivity index (χ0) is 35.9. The zero-order valence-corrected chi connectivity index (χ0v) is 25.9. The summed E-state index contributed by atoms with van der Waals surface area (Å²) < 4.78 is 33.2. The van der Waals surface area contributed by atoms with E-state index in [-0.39, 0.29) is 6.61 Å². The maximum Gasteiger partial charge on any atom is 0.364 e. The van der Waals surface area contributed by atoms with E-state index in [1.165, 1.54) is 0 Å². The van der Waals surface area contributed by atoms with Gasteiger partial charge in [-0.3, -0.25) is 0 Å². The summed E-state index contributed by atoms with van der Waals surface area (Å²) >= 11 is 0. The van der Waals surface area contributed by atoms with Crippen molar-refractivity contribution in [3.8, 4) is 0 Å². The van der Waals surface area contributed by atoms with Crippen LogP contribution in [0.2, 0.25) is 0 Å². The Bertz CT molecular complexity index is 984. The van der Waals surface area contributed by atoms with Crippen LogP contribution in [0.4, 0.5) is 0 Å². The van der Waals surface area contributed by atoms with E-state index in [2.05, 4.69) is 0 Å². The molecule has 3 aliphatic rings. The third kappa shape index (κ3) is 9.13. The summed E-state index contributed by atoms with van der Waals surface area (Å²) in [6.07, 6.45) is -30.1. The van der Waals surface area contributed by atoms with Gasteiger partial charge in [-0.25, -0.2) is 4.79 Å². The molecule has 0 spiro atoms. The van der Waals surface area contributed by atoms with Crippen molar-refractivity contribution in [3.05, 3.63) is 0 Å². The number of nitrogens with two attached hydrogens (primary N) is 1. The van der Waals surface area contributed by atoms with E-state index in [1.54, 1.807) is 0 Å². The second-order valence-corrected chi connectivity index (χ2v) is 12.0. The summed E-state index contributed by atoms with van der Waals surface area (Å²) in [5.74, 6) is -4.18. The molecule has 3 aliphatic heterocycles. The second-order valence-electron chi connectivity index (χ2n) is 12.0. The van der Waals surface area contributed by atoms with Gasteiger partial charge in [-0.2, -0.15) is 0 Å². The minimum atomic E-state index is -2.51. The third-order valence-corrected chi connectivity index (χ3v) is 8.48. The Hall–Kier alpha value is -1.29. The number of carbonyl (C=O) groups is 1. The first-order valence-corrected chi connectivity index (χ1v) is 15.5. The number of hydrogen-bond donors (Lipinski definition) is 14. The van der Waals surface area contributed by atoms with Crippen molar-refractivity contribution in [1.29, 1.82) is 0 Å². The van der Waals surface area contributed by atoms with Crippen LogP contribution in [0.1, 0.15) is 25.7 Å². The molecule has 0 radical (unpaired) electrons. The number of rotatable bonds is 17. The largest absolute Gasteiger partial charge is 0.477 e. The van der Waals surface area contributed by atoms with E-state index in [9.17, 15) is 71.2 Å². The fourth-order valence-corrected chi connectivity index (χ4v) is 5.74. The van der Waals surface area contributed by atoms with Gasteiger partial charge in [-0.15, -0.1) is 0 Å². The molecule has 282 valence electrons. The SMILES string of the molecule is NCCCCCO[C@]1(C(=O)O)C[C@@H](O)[C@@H](O[C@H]2OC([C@@H](O)CO)[C@@H](O)[C@H](O[C@H]3O[C@@H]([C@@H](O)CO)[C@@H](O)C(O)C3O)C2O)C([C@H](O)CO)O1. The summed E-state index contributed by atoms with van der Waals surface area (Å²) in [5.41, 5.74) is 5.46. The maximum atomic E-state index is 12.3. The van der Waals surface area contributed by atoms with Gasteiger partial charge in [0, 0.05) is 6.42 Å². The van der Waals surface area contributed by atoms with E-state index in [0.29, 0.717) is 25.8 Å². The third-order valence-electron chi connectivity index (χ3n) is 8.48. The van der Waals surface area contributed by atoms with Crippen molar-refractivity contribution in [3.63, 3.8) is 0 Å². The van der Waals surface area contributed by atoms with Crippen LogP contribution >= 0.6 is 0 Å². The van der Waals surface area contributed by atoms with E-state index in [1.807, 2.05) is 0 Å². The molecule has 0 aliphatic carbocycles. The van der Waals surface area contributed by atoms with Crippen molar-refractivity contribution in [2.24, 2.45) is 5.73 Å². The van der Waals surface area contributed by atoms with Crippen LogP contribution in [0, 0.1) is 0 Å². The molecule has 3 heterocycles. The highest BCUT2D eigenvalue weighted by molar-refractivity contribution is 5.76. The topological polar surface area (TPSA) is 361 Å². The molecule has 17 atom stereocenters. The highest BCUT2D eigenvalue weighted by Crippen LogP contribution is 2.37. The smallest absolute Gasteiger partial charge is 0.364 e. The monoisotopic (exact) mass is 707 g/mol. The molecule has 3 rings (SSSR count). The maximum absolute atomic E-state index is 12.3. The molecular formula is C27H49NO20. The molecular weight excluding hydrogens is 658 g/mol. The number of aliphatic hydroxyl groups is 12. The predicted octanol–water partition coefficient (Wildman–Crippen LogP) is -7.85. The lowest BCUT2D eigenvalue weighted by molar-refractivity contribution is -0.388. The molecule has 0 bridgehead atoms. The van der Waals surface area contributed by atoms with Gasteiger partial charge < -0.3 is 101 Å². The van der Waals surface area contributed by atoms with Crippen LogP contribution < -0.4 is 5.73 Å². The standard InChI is InChI=1S/C27H49NO20/c28-4-2-1-3-5-43-27(26(41)42)6-10(32)21(22(48-27)13(35)9-31)46-25-18(40)23(17(39)20(45-25)12(34)8-30)47-24-16(38)14(36)15(37)19(44-24)11(33)7-29/h10-25,29-40H,1-9,28H2,(H,41,42)/t10-,11+,12+,13-,14?,15+,16?,17-,18?,19+,20?,21-,22?,23+,24-,25-,27-/m1/s1. The highest BCUT2D eigenvalue weighted by atomic mass is 16.8. The molecule has 0 saturated carbocycles. The van der Waals surface area contributed by atoms with E-state index in [4.69, 9.17) is 34.2 Å². The quantitative estimate of drug-likeness (QED) is 0.0624. The lowest BCUT2D eigenvalue weighted by Gasteiger charge is -2.50. The molecule has 21 heteroatoms. The Kier molecular flexibility index (Phi) is 15.7. The van der Waals surface area contributed by atoms with Gasteiger partial charge in [0.05, 0.1) is 32.5 Å². The molecule has 48 heavy (non-hydrogen) atoms. The Morgan fingerprint density at radius 2 is 1.23 bits per heavy atom. The number of carboxylic acid groups (broad SMARTS) is 1. The summed E-state index contributed by atoms with van der Waals surface area (Å²) in [4.78, 5) is 12.3. The van der Waals surface area contributed by atoms with Gasteiger partial charge in [0.2, 0.25) is 0 Å². The van der Waals surface area contributed by atoms with E-state index >= 15 is 0 Å². The average molecular weight is 708 g/mol. The van der Waals surface area contributed by atoms with Crippen molar-refractivity contribution in [2.75, 3.05) is 33.0 Å². The van der Waals surface area contributed by atoms with Gasteiger partial charge in [-0.1, -0.05) is 0 Å². The Morgan fingerprint density at radius 1 is 0.708 bits per heavy atom. The first-order chi connectivity index (χ1) is 22.7. The van der Waals surface area contributed by atoms with Crippen LogP contribution in [0.3, 0.4) is 0 Å². The predicted molar refractivity (Wildman–Crippen MR) is 151 cm³/mol. The lowest BCUT2D eigenvalue weighted by atomic mass is 9.91. The van der Waals surface area contributed by atoms with Crippen molar-refractivity contribution < 1.29 is 99.6 Å². The van der Waals surface area contributed by atoms with Crippen LogP contribution in [0.25, 0.3) is 0 Å².